The summed E-state index contributed by atoms with van der Waals surface area (Å²) in [4.78, 5) is 4.38. The third kappa shape index (κ3) is 2.62. The number of benzene rings is 1. The van der Waals surface area contributed by atoms with Crippen LogP contribution in [-0.4, -0.2) is 4.98 Å². The summed E-state index contributed by atoms with van der Waals surface area (Å²) in [6.45, 7) is 4.11. The second-order valence-corrected chi connectivity index (χ2v) is 5.21. The van der Waals surface area contributed by atoms with Gasteiger partial charge in [-0.3, -0.25) is 0 Å². The zero-order chi connectivity index (χ0) is 11.5. The third-order valence-corrected chi connectivity index (χ3v) is 3.50. The van der Waals surface area contributed by atoms with Gasteiger partial charge in [0.15, 0.2) is 0 Å². The number of rotatable bonds is 3. The van der Waals surface area contributed by atoms with E-state index in [2.05, 4.69) is 27.8 Å². The highest BCUT2D eigenvalue weighted by atomic mass is 79.9. The lowest BCUT2D eigenvalue weighted by Crippen LogP contribution is -1.87. The molecule has 0 saturated carbocycles. The molecule has 1 heterocycles. The first-order valence-electron chi connectivity index (χ1n) is 5.07. The van der Waals surface area contributed by atoms with Crippen molar-refractivity contribution in [1.29, 1.82) is 0 Å². The summed E-state index contributed by atoms with van der Waals surface area (Å²) in [5.41, 5.74) is 2.18. The molecule has 16 heavy (non-hydrogen) atoms. The minimum Gasteiger partial charge on any atom is -0.431 e. The fourth-order valence-electron chi connectivity index (χ4n) is 1.28. The first-order chi connectivity index (χ1) is 7.69. The zero-order valence-electron chi connectivity index (χ0n) is 9.16. The normalized spacial score (nSPS) is 10.4. The predicted molar refractivity (Wildman–Crippen MR) is 70.4 cm³/mol. The number of nitrogens with zero attached hydrogens (tertiary/aromatic N) is 1. The molecular weight excluding hydrogens is 286 g/mol. The molecule has 4 heteroatoms. The van der Waals surface area contributed by atoms with Crippen molar-refractivity contribution in [1.82, 2.24) is 4.98 Å². The topological polar surface area (TPSA) is 22.1 Å². The van der Waals surface area contributed by atoms with Crippen LogP contribution in [-0.2, 0) is 6.42 Å². The van der Waals surface area contributed by atoms with Gasteiger partial charge in [-0.25, -0.2) is 4.98 Å². The minimum absolute atomic E-state index is 0.707. The van der Waals surface area contributed by atoms with E-state index >= 15 is 0 Å². The number of hydrogen-bond donors (Lipinski definition) is 0. The molecule has 0 aliphatic carbocycles. The SMILES string of the molecule is CCc1csc(Oc2cc(Br)ccc2C)n1. The summed E-state index contributed by atoms with van der Waals surface area (Å²) >= 11 is 4.97. The average Bonchev–Trinajstić information content (AvgIpc) is 2.71. The van der Waals surface area contributed by atoms with Gasteiger partial charge in [0, 0.05) is 9.85 Å². The first kappa shape index (κ1) is 11.6. The second-order valence-electron chi connectivity index (χ2n) is 3.47. The van der Waals surface area contributed by atoms with E-state index in [0.29, 0.717) is 5.19 Å². The van der Waals surface area contributed by atoms with Crippen LogP contribution in [0, 0.1) is 6.92 Å². The van der Waals surface area contributed by atoms with Crippen LogP contribution in [0.1, 0.15) is 18.2 Å². The molecule has 0 aliphatic rings. The molecule has 0 amide bonds. The monoisotopic (exact) mass is 297 g/mol. The van der Waals surface area contributed by atoms with E-state index in [9.17, 15) is 0 Å². The molecular formula is C12H12BrNOS. The Morgan fingerprint density at radius 3 is 2.94 bits per heavy atom. The van der Waals surface area contributed by atoms with E-state index in [4.69, 9.17) is 4.74 Å². The van der Waals surface area contributed by atoms with Crippen molar-refractivity contribution in [3.63, 3.8) is 0 Å². The van der Waals surface area contributed by atoms with E-state index in [1.165, 1.54) is 11.3 Å². The van der Waals surface area contributed by atoms with E-state index in [0.717, 1.165) is 27.9 Å². The van der Waals surface area contributed by atoms with Gasteiger partial charge in [-0.2, -0.15) is 0 Å². The maximum atomic E-state index is 5.75. The number of hydrogen-bond acceptors (Lipinski definition) is 3. The molecule has 0 saturated heterocycles. The summed E-state index contributed by atoms with van der Waals surface area (Å²) in [6, 6.07) is 5.98. The Bertz CT molecular complexity index is 496. The minimum atomic E-state index is 0.707. The number of thiazole rings is 1. The Morgan fingerprint density at radius 2 is 2.25 bits per heavy atom. The molecule has 0 unspecified atom stereocenters. The number of ether oxygens (including phenoxy) is 1. The van der Waals surface area contributed by atoms with Crippen molar-refractivity contribution in [3.8, 4) is 10.9 Å². The van der Waals surface area contributed by atoms with Gasteiger partial charge in [-0.1, -0.05) is 40.3 Å². The molecule has 84 valence electrons. The summed E-state index contributed by atoms with van der Waals surface area (Å²) in [7, 11) is 0. The molecule has 1 aromatic carbocycles. The lowest BCUT2D eigenvalue weighted by Gasteiger charge is -2.05. The quantitative estimate of drug-likeness (QED) is 0.828. The summed E-state index contributed by atoms with van der Waals surface area (Å²) in [5.74, 6) is 0.853. The van der Waals surface area contributed by atoms with Crippen LogP contribution in [0.25, 0.3) is 0 Å². The van der Waals surface area contributed by atoms with E-state index < -0.39 is 0 Å². The van der Waals surface area contributed by atoms with Crippen LogP contribution in [0.4, 0.5) is 0 Å². The van der Waals surface area contributed by atoms with Crippen LogP contribution >= 0.6 is 27.3 Å². The van der Waals surface area contributed by atoms with Gasteiger partial charge in [0.2, 0.25) is 0 Å². The Kier molecular flexibility index (Phi) is 3.61. The van der Waals surface area contributed by atoms with Crippen molar-refractivity contribution in [2.75, 3.05) is 0 Å². The third-order valence-electron chi connectivity index (χ3n) is 2.24. The van der Waals surface area contributed by atoms with Gasteiger partial charge in [0.05, 0.1) is 5.69 Å². The molecule has 2 nitrogen and oxygen atoms in total. The van der Waals surface area contributed by atoms with Crippen molar-refractivity contribution >= 4 is 27.3 Å². The fourth-order valence-corrected chi connectivity index (χ4v) is 2.38. The molecule has 2 rings (SSSR count). The second kappa shape index (κ2) is 4.97. The van der Waals surface area contributed by atoms with Crippen molar-refractivity contribution < 1.29 is 4.74 Å². The highest BCUT2D eigenvalue weighted by molar-refractivity contribution is 9.10. The molecule has 0 aliphatic heterocycles. The van der Waals surface area contributed by atoms with Crippen molar-refractivity contribution in [2.24, 2.45) is 0 Å². The predicted octanol–water partition coefficient (Wildman–Crippen LogP) is 4.57. The van der Waals surface area contributed by atoms with Crippen LogP contribution in [0.15, 0.2) is 28.1 Å². The van der Waals surface area contributed by atoms with E-state index in [1.54, 1.807) is 0 Å². The Balaban J connectivity index is 2.22. The largest absolute Gasteiger partial charge is 0.431 e. The number of aryl methyl sites for hydroxylation is 2. The summed E-state index contributed by atoms with van der Waals surface area (Å²) < 4.78 is 6.76. The Labute approximate surface area is 107 Å². The Hall–Kier alpha value is -0.870. The van der Waals surface area contributed by atoms with Crippen LogP contribution in [0.2, 0.25) is 0 Å². The van der Waals surface area contributed by atoms with Gasteiger partial charge in [-0.05, 0) is 31.0 Å². The molecule has 2 aromatic rings. The van der Waals surface area contributed by atoms with Crippen molar-refractivity contribution in [3.05, 3.63) is 39.3 Å². The Morgan fingerprint density at radius 1 is 1.44 bits per heavy atom. The van der Waals surface area contributed by atoms with Gasteiger partial charge < -0.3 is 4.74 Å². The fraction of sp³-hybridized carbons (Fsp3) is 0.250. The lowest BCUT2D eigenvalue weighted by molar-refractivity contribution is 0.473. The average molecular weight is 298 g/mol. The summed E-state index contributed by atoms with van der Waals surface area (Å²) in [5, 5.41) is 2.74. The van der Waals surface area contributed by atoms with Crippen LogP contribution in [0.3, 0.4) is 0 Å². The maximum absolute atomic E-state index is 5.75. The van der Waals surface area contributed by atoms with Gasteiger partial charge in [0.1, 0.15) is 5.75 Å². The van der Waals surface area contributed by atoms with E-state index in [-0.39, 0.29) is 0 Å². The van der Waals surface area contributed by atoms with Crippen LogP contribution in [0.5, 0.6) is 10.9 Å². The maximum Gasteiger partial charge on any atom is 0.278 e. The van der Waals surface area contributed by atoms with Gasteiger partial charge in [0.25, 0.3) is 5.19 Å². The number of halogens is 1. The number of aromatic nitrogens is 1. The van der Waals surface area contributed by atoms with Gasteiger partial charge in [-0.15, -0.1) is 0 Å². The molecule has 0 atom stereocenters. The lowest BCUT2D eigenvalue weighted by atomic mass is 10.2. The van der Waals surface area contributed by atoms with E-state index in [1.807, 2.05) is 30.5 Å². The van der Waals surface area contributed by atoms with Gasteiger partial charge >= 0.3 is 0 Å². The molecule has 1 aromatic heterocycles. The highest BCUT2D eigenvalue weighted by Crippen LogP contribution is 2.30. The standard InChI is InChI=1S/C12H12BrNOS/c1-3-10-7-16-12(14-10)15-11-6-9(13)5-4-8(11)2/h4-7H,3H2,1-2H3. The molecule has 0 spiro atoms. The molecule has 0 radical (unpaired) electrons. The highest BCUT2D eigenvalue weighted by Gasteiger charge is 2.06. The smallest absolute Gasteiger partial charge is 0.278 e. The molecule has 0 bridgehead atoms. The molecule has 0 fully saturated rings. The summed E-state index contributed by atoms with van der Waals surface area (Å²) in [6.07, 6.45) is 0.942. The first-order valence-corrected chi connectivity index (χ1v) is 6.74. The zero-order valence-corrected chi connectivity index (χ0v) is 11.6. The van der Waals surface area contributed by atoms with Crippen molar-refractivity contribution in [2.45, 2.75) is 20.3 Å². The van der Waals surface area contributed by atoms with Crippen LogP contribution < -0.4 is 4.74 Å². The molecule has 0 N–H and O–H groups in total.